The van der Waals surface area contributed by atoms with Gasteiger partial charge >= 0.3 is 0 Å². The van der Waals surface area contributed by atoms with E-state index in [0.29, 0.717) is 17.3 Å². The van der Waals surface area contributed by atoms with Crippen LogP contribution in [0.1, 0.15) is 37.2 Å². The Labute approximate surface area is 198 Å². The Kier molecular flexibility index (Phi) is 5.48. The molecule has 6 rings (SSSR count). The van der Waals surface area contributed by atoms with Gasteiger partial charge in [0, 0.05) is 62.4 Å². The first-order chi connectivity index (χ1) is 16.6. The number of aryl methyl sites for hydroxylation is 1. The lowest BCUT2D eigenvalue weighted by atomic mass is 9.81. The molecule has 1 saturated carbocycles. The zero-order valence-electron chi connectivity index (χ0n) is 19.6. The highest BCUT2D eigenvalue weighted by Gasteiger charge is 2.30. The summed E-state index contributed by atoms with van der Waals surface area (Å²) in [6.45, 7) is 3.92. The summed E-state index contributed by atoms with van der Waals surface area (Å²) in [6, 6.07) is 12.8. The molecule has 0 N–H and O–H groups in total. The van der Waals surface area contributed by atoms with Gasteiger partial charge in [-0.05, 0) is 79.6 Å². The van der Waals surface area contributed by atoms with Crippen LogP contribution in [0.4, 0.5) is 14.5 Å². The van der Waals surface area contributed by atoms with Gasteiger partial charge in [0.2, 0.25) is 0 Å². The van der Waals surface area contributed by atoms with E-state index in [-0.39, 0.29) is 11.6 Å². The van der Waals surface area contributed by atoms with E-state index in [4.69, 9.17) is 0 Å². The molecule has 0 atom stereocenters. The van der Waals surface area contributed by atoms with Crippen LogP contribution in [0.15, 0.2) is 54.9 Å². The standard InChI is InChI=1S/C28H30F2N4/c1-32-18-24(22-9-6-20(29)17-27(22)32)19-4-7-21(8-5-19)33-13-15-34(16-14-33)26-11-10-25(30)23-3-2-12-31-28(23)26/h2-3,6,9-12,17-19,21H,4-5,7-8,13-16H2,1H3. The molecule has 1 aliphatic carbocycles. The molecule has 2 aromatic carbocycles. The van der Waals surface area contributed by atoms with Crippen LogP contribution in [0.25, 0.3) is 21.8 Å². The van der Waals surface area contributed by atoms with Gasteiger partial charge in [0.05, 0.1) is 16.7 Å². The van der Waals surface area contributed by atoms with Crippen molar-refractivity contribution in [3.05, 3.63) is 72.1 Å². The maximum absolute atomic E-state index is 14.2. The summed E-state index contributed by atoms with van der Waals surface area (Å²) in [4.78, 5) is 9.47. The van der Waals surface area contributed by atoms with Crippen LogP contribution in [0, 0.1) is 11.6 Å². The molecular weight excluding hydrogens is 430 g/mol. The molecule has 0 unspecified atom stereocenters. The molecule has 34 heavy (non-hydrogen) atoms. The Morgan fingerprint density at radius 1 is 0.882 bits per heavy atom. The van der Waals surface area contributed by atoms with Crippen molar-refractivity contribution in [2.45, 2.75) is 37.6 Å². The highest BCUT2D eigenvalue weighted by Crippen LogP contribution is 2.39. The van der Waals surface area contributed by atoms with Crippen molar-refractivity contribution in [1.29, 1.82) is 0 Å². The third-order valence-electron chi connectivity index (χ3n) is 7.99. The minimum atomic E-state index is -0.210. The number of rotatable bonds is 3. The molecule has 0 amide bonds. The first-order valence-corrected chi connectivity index (χ1v) is 12.3. The summed E-state index contributed by atoms with van der Waals surface area (Å²) in [5.74, 6) is 0.162. The number of aromatic nitrogens is 2. The topological polar surface area (TPSA) is 24.3 Å². The number of piperazine rings is 1. The summed E-state index contributed by atoms with van der Waals surface area (Å²) in [5, 5.41) is 1.79. The number of hydrogen-bond acceptors (Lipinski definition) is 3. The Hall–Kier alpha value is -2.99. The number of pyridine rings is 1. The van der Waals surface area contributed by atoms with Gasteiger partial charge in [-0.2, -0.15) is 0 Å². The number of benzene rings is 2. The Morgan fingerprint density at radius 3 is 2.47 bits per heavy atom. The van der Waals surface area contributed by atoms with Crippen LogP contribution in [-0.2, 0) is 7.05 Å². The van der Waals surface area contributed by atoms with E-state index in [0.717, 1.165) is 42.9 Å². The van der Waals surface area contributed by atoms with Crippen molar-refractivity contribution in [3.63, 3.8) is 0 Å². The van der Waals surface area contributed by atoms with Gasteiger partial charge in [-0.1, -0.05) is 0 Å². The quantitative estimate of drug-likeness (QED) is 0.383. The highest BCUT2D eigenvalue weighted by atomic mass is 19.1. The average molecular weight is 461 g/mol. The van der Waals surface area contributed by atoms with Gasteiger partial charge in [-0.25, -0.2) is 8.78 Å². The smallest absolute Gasteiger partial charge is 0.132 e. The van der Waals surface area contributed by atoms with E-state index in [1.54, 1.807) is 30.5 Å². The molecule has 6 heteroatoms. The first kappa shape index (κ1) is 21.5. The zero-order chi connectivity index (χ0) is 23.2. The molecule has 4 nitrogen and oxygen atoms in total. The number of anilines is 1. The molecule has 2 fully saturated rings. The fourth-order valence-electron chi connectivity index (χ4n) is 6.17. The van der Waals surface area contributed by atoms with Crippen LogP contribution in [0.2, 0.25) is 0 Å². The van der Waals surface area contributed by atoms with Gasteiger partial charge in [-0.15, -0.1) is 0 Å². The number of nitrogens with zero attached hydrogens (tertiary/aromatic N) is 4. The fourth-order valence-corrected chi connectivity index (χ4v) is 6.17. The maximum Gasteiger partial charge on any atom is 0.132 e. The monoisotopic (exact) mass is 460 g/mol. The van der Waals surface area contributed by atoms with Crippen LogP contribution < -0.4 is 4.90 Å². The van der Waals surface area contributed by atoms with E-state index in [1.807, 2.05) is 25.2 Å². The molecule has 2 aliphatic rings. The number of fused-ring (bicyclic) bond motifs is 2. The van der Waals surface area contributed by atoms with Gasteiger partial charge < -0.3 is 9.47 Å². The molecule has 0 radical (unpaired) electrons. The number of hydrogen-bond donors (Lipinski definition) is 0. The third kappa shape index (κ3) is 3.74. The second-order valence-corrected chi connectivity index (χ2v) is 9.85. The van der Waals surface area contributed by atoms with Gasteiger partial charge in [0.25, 0.3) is 0 Å². The fraction of sp³-hybridized carbons (Fsp3) is 0.393. The van der Waals surface area contributed by atoms with Crippen LogP contribution >= 0.6 is 0 Å². The SMILES string of the molecule is Cn1cc(C2CCC(N3CCN(c4ccc(F)c5cccnc45)CC3)CC2)c2ccc(F)cc21. The first-order valence-electron chi connectivity index (χ1n) is 12.3. The molecule has 176 valence electrons. The predicted octanol–water partition coefficient (Wildman–Crippen LogP) is 5.85. The lowest BCUT2D eigenvalue weighted by Gasteiger charge is -2.42. The van der Waals surface area contributed by atoms with Gasteiger partial charge in [0.15, 0.2) is 0 Å². The summed E-state index contributed by atoms with van der Waals surface area (Å²) >= 11 is 0. The number of halogens is 2. The molecule has 3 heterocycles. The van der Waals surface area contributed by atoms with Crippen molar-refractivity contribution in [2.75, 3.05) is 31.1 Å². The van der Waals surface area contributed by atoms with Gasteiger partial charge in [0.1, 0.15) is 11.6 Å². The van der Waals surface area contributed by atoms with Crippen LogP contribution in [-0.4, -0.2) is 46.7 Å². The Morgan fingerprint density at radius 2 is 1.68 bits per heavy atom. The Bertz CT molecular complexity index is 1330. The zero-order valence-corrected chi connectivity index (χ0v) is 19.6. The van der Waals surface area contributed by atoms with Crippen molar-refractivity contribution >= 4 is 27.5 Å². The predicted molar refractivity (Wildman–Crippen MR) is 133 cm³/mol. The largest absolute Gasteiger partial charge is 0.367 e. The normalized spacial score (nSPS) is 22.0. The molecular formula is C28H30F2N4. The van der Waals surface area contributed by atoms with E-state index >= 15 is 0 Å². The molecule has 1 saturated heterocycles. The summed E-state index contributed by atoms with van der Waals surface area (Å²) in [5.41, 5.74) is 4.15. The van der Waals surface area contributed by atoms with E-state index in [2.05, 4.69) is 25.5 Å². The van der Waals surface area contributed by atoms with Crippen molar-refractivity contribution in [1.82, 2.24) is 14.5 Å². The van der Waals surface area contributed by atoms with Crippen LogP contribution in [0.3, 0.4) is 0 Å². The highest BCUT2D eigenvalue weighted by molar-refractivity contribution is 5.91. The van der Waals surface area contributed by atoms with Crippen molar-refractivity contribution in [3.8, 4) is 0 Å². The molecule has 1 aliphatic heterocycles. The second-order valence-electron chi connectivity index (χ2n) is 9.85. The minimum absolute atomic E-state index is 0.174. The Balaban J connectivity index is 1.11. The average Bonchev–Trinajstić information content (AvgIpc) is 3.20. The minimum Gasteiger partial charge on any atom is -0.367 e. The van der Waals surface area contributed by atoms with Gasteiger partial charge in [-0.3, -0.25) is 9.88 Å². The summed E-state index contributed by atoms with van der Waals surface area (Å²) in [6.07, 6.45) is 8.69. The lowest BCUT2D eigenvalue weighted by molar-refractivity contribution is 0.141. The summed E-state index contributed by atoms with van der Waals surface area (Å²) < 4.78 is 30.0. The summed E-state index contributed by atoms with van der Waals surface area (Å²) in [7, 11) is 2.01. The van der Waals surface area contributed by atoms with Crippen molar-refractivity contribution in [2.24, 2.45) is 7.05 Å². The van der Waals surface area contributed by atoms with Crippen molar-refractivity contribution < 1.29 is 8.78 Å². The molecule has 0 bridgehead atoms. The van der Waals surface area contributed by atoms with E-state index in [1.165, 1.54) is 36.6 Å². The van der Waals surface area contributed by atoms with E-state index in [9.17, 15) is 8.78 Å². The molecule has 0 spiro atoms. The van der Waals surface area contributed by atoms with E-state index < -0.39 is 0 Å². The third-order valence-corrected chi connectivity index (χ3v) is 7.99. The molecule has 2 aromatic heterocycles. The molecule has 4 aromatic rings. The van der Waals surface area contributed by atoms with Crippen LogP contribution in [0.5, 0.6) is 0 Å². The second kappa shape index (κ2) is 8.66. The maximum atomic E-state index is 14.2. The lowest BCUT2D eigenvalue weighted by Crippen LogP contribution is -2.51.